The Hall–Kier alpha value is -1.22. The van der Waals surface area contributed by atoms with Crippen molar-refractivity contribution in [2.24, 2.45) is 0 Å². The molecule has 2 aromatic rings. The number of nitriles is 1. The Bertz CT molecular complexity index is 618. The van der Waals surface area contributed by atoms with Crippen molar-refractivity contribution in [2.75, 3.05) is 7.05 Å². The summed E-state index contributed by atoms with van der Waals surface area (Å²) in [6, 6.07) is 8.54. The first-order valence-corrected chi connectivity index (χ1v) is 7.35. The van der Waals surface area contributed by atoms with Crippen LogP contribution in [0.5, 0.6) is 0 Å². The maximum absolute atomic E-state index is 13.7. The molecule has 2 rings (SSSR count). The minimum absolute atomic E-state index is 0.266. The van der Waals surface area contributed by atoms with Gasteiger partial charge in [-0.2, -0.15) is 5.26 Å². The summed E-state index contributed by atoms with van der Waals surface area (Å²) >= 11 is 5.06. The van der Waals surface area contributed by atoms with Crippen molar-refractivity contribution in [1.29, 1.82) is 5.26 Å². The SMILES string of the molecule is CN(Cc1csc(Br)c1)Cc1cc(C#N)ccc1F. The average Bonchev–Trinajstić information content (AvgIpc) is 2.77. The summed E-state index contributed by atoms with van der Waals surface area (Å²) in [7, 11) is 1.93. The lowest BCUT2D eigenvalue weighted by Gasteiger charge is -2.16. The molecule has 19 heavy (non-hydrogen) atoms. The van der Waals surface area contributed by atoms with Crippen LogP contribution < -0.4 is 0 Å². The van der Waals surface area contributed by atoms with Crippen molar-refractivity contribution < 1.29 is 4.39 Å². The Morgan fingerprint density at radius 3 is 2.79 bits per heavy atom. The number of hydrogen-bond acceptors (Lipinski definition) is 3. The molecule has 2 nitrogen and oxygen atoms in total. The first-order valence-electron chi connectivity index (χ1n) is 5.68. The molecule has 0 radical (unpaired) electrons. The predicted octanol–water partition coefficient (Wildman–Crippen LogP) is 4.15. The van der Waals surface area contributed by atoms with Crippen LogP contribution in [-0.2, 0) is 13.1 Å². The van der Waals surface area contributed by atoms with Crippen molar-refractivity contribution in [3.63, 3.8) is 0 Å². The van der Waals surface area contributed by atoms with Gasteiger partial charge in [-0.25, -0.2) is 4.39 Å². The Kier molecular flexibility index (Phi) is 4.70. The van der Waals surface area contributed by atoms with Crippen LogP contribution in [0, 0.1) is 17.1 Å². The van der Waals surface area contributed by atoms with E-state index in [0.29, 0.717) is 17.7 Å². The van der Waals surface area contributed by atoms with E-state index in [4.69, 9.17) is 5.26 Å². The third kappa shape index (κ3) is 3.87. The molecular weight excluding hydrogens is 327 g/mol. The van der Waals surface area contributed by atoms with E-state index >= 15 is 0 Å². The summed E-state index contributed by atoms with van der Waals surface area (Å²) in [4.78, 5) is 2.02. The van der Waals surface area contributed by atoms with Crippen LogP contribution in [0.15, 0.2) is 33.4 Å². The predicted molar refractivity (Wildman–Crippen MR) is 78.3 cm³/mol. The Labute approximate surface area is 124 Å². The van der Waals surface area contributed by atoms with E-state index in [1.165, 1.54) is 17.7 Å². The maximum Gasteiger partial charge on any atom is 0.127 e. The molecule has 0 spiro atoms. The second-order valence-electron chi connectivity index (χ2n) is 4.35. The van der Waals surface area contributed by atoms with Crippen LogP contribution in [0.25, 0.3) is 0 Å². The second kappa shape index (κ2) is 6.29. The summed E-state index contributed by atoms with van der Waals surface area (Å²) in [5.74, 6) is -0.266. The monoisotopic (exact) mass is 338 g/mol. The molecule has 0 atom stereocenters. The first-order chi connectivity index (χ1) is 9.08. The van der Waals surface area contributed by atoms with Gasteiger partial charge in [-0.05, 0) is 58.2 Å². The third-order valence-electron chi connectivity index (χ3n) is 2.69. The largest absolute Gasteiger partial charge is 0.298 e. The lowest BCUT2D eigenvalue weighted by atomic mass is 10.1. The van der Waals surface area contributed by atoms with Gasteiger partial charge in [0.05, 0.1) is 15.4 Å². The molecule has 0 unspecified atom stereocenters. The molecule has 1 aromatic carbocycles. The molecule has 0 saturated heterocycles. The third-order valence-corrected chi connectivity index (χ3v) is 4.24. The van der Waals surface area contributed by atoms with Gasteiger partial charge in [0.15, 0.2) is 0 Å². The Morgan fingerprint density at radius 2 is 2.16 bits per heavy atom. The van der Waals surface area contributed by atoms with E-state index < -0.39 is 0 Å². The molecule has 0 bridgehead atoms. The highest BCUT2D eigenvalue weighted by Gasteiger charge is 2.08. The van der Waals surface area contributed by atoms with Gasteiger partial charge in [0.1, 0.15) is 5.82 Å². The Balaban J connectivity index is 2.06. The highest BCUT2D eigenvalue weighted by Crippen LogP contribution is 2.22. The topological polar surface area (TPSA) is 27.0 Å². The number of rotatable bonds is 4. The van der Waals surface area contributed by atoms with Gasteiger partial charge in [-0.1, -0.05) is 0 Å². The molecule has 98 valence electrons. The van der Waals surface area contributed by atoms with E-state index in [0.717, 1.165) is 10.3 Å². The van der Waals surface area contributed by atoms with Gasteiger partial charge in [0.2, 0.25) is 0 Å². The fourth-order valence-corrected chi connectivity index (χ4v) is 3.05. The summed E-state index contributed by atoms with van der Waals surface area (Å²) in [5, 5.41) is 10.9. The zero-order chi connectivity index (χ0) is 13.8. The molecule has 0 aliphatic carbocycles. The van der Waals surface area contributed by atoms with Crippen LogP contribution in [0.2, 0.25) is 0 Å². The van der Waals surface area contributed by atoms with Crippen molar-refractivity contribution >= 4 is 27.3 Å². The van der Waals surface area contributed by atoms with Gasteiger partial charge < -0.3 is 0 Å². The molecule has 1 heterocycles. The normalized spacial score (nSPS) is 10.7. The van der Waals surface area contributed by atoms with Crippen molar-refractivity contribution in [3.8, 4) is 6.07 Å². The minimum atomic E-state index is -0.266. The van der Waals surface area contributed by atoms with Crippen LogP contribution in [-0.4, -0.2) is 11.9 Å². The van der Waals surface area contributed by atoms with Crippen molar-refractivity contribution in [1.82, 2.24) is 4.90 Å². The van der Waals surface area contributed by atoms with E-state index in [1.54, 1.807) is 17.4 Å². The second-order valence-corrected chi connectivity index (χ2v) is 6.64. The van der Waals surface area contributed by atoms with Gasteiger partial charge >= 0.3 is 0 Å². The molecule has 0 saturated carbocycles. The zero-order valence-electron chi connectivity index (χ0n) is 10.4. The molecule has 1 aromatic heterocycles. The van der Waals surface area contributed by atoms with E-state index in [1.807, 2.05) is 18.0 Å². The maximum atomic E-state index is 13.7. The fourth-order valence-electron chi connectivity index (χ4n) is 1.85. The number of halogens is 2. The minimum Gasteiger partial charge on any atom is -0.298 e. The van der Waals surface area contributed by atoms with Crippen LogP contribution >= 0.6 is 27.3 Å². The summed E-state index contributed by atoms with van der Waals surface area (Å²) < 4.78 is 14.8. The number of thiophene rings is 1. The molecule has 0 N–H and O–H groups in total. The highest BCUT2D eigenvalue weighted by molar-refractivity contribution is 9.11. The number of hydrogen-bond donors (Lipinski definition) is 0. The van der Waals surface area contributed by atoms with Crippen molar-refractivity contribution in [2.45, 2.75) is 13.1 Å². The lowest BCUT2D eigenvalue weighted by Crippen LogP contribution is -2.17. The zero-order valence-corrected chi connectivity index (χ0v) is 12.8. The Morgan fingerprint density at radius 1 is 1.37 bits per heavy atom. The van der Waals surface area contributed by atoms with Gasteiger partial charge in [-0.3, -0.25) is 4.90 Å². The van der Waals surface area contributed by atoms with E-state index in [-0.39, 0.29) is 5.82 Å². The summed E-state index contributed by atoms with van der Waals surface area (Å²) in [6.45, 7) is 1.23. The lowest BCUT2D eigenvalue weighted by molar-refractivity contribution is 0.314. The van der Waals surface area contributed by atoms with Crippen LogP contribution in [0.4, 0.5) is 4.39 Å². The fraction of sp³-hybridized carbons (Fsp3) is 0.214. The standard InChI is InChI=1S/C14H12BrFN2S/c1-18(7-11-5-14(15)19-9-11)8-12-4-10(6-17)2-3-13(12)16/h2-5,9H,7-8H2,1H3. The highest BCUT2D eigenvalue weighted by atomic mass is 79.9. The summed E-state index contributed by atoms with van der Waals surface area (Å²) in [5.41, 5.74) is 2.23. The van der Waals surface area contributed by atoms with Crippen LogP contribution in [0.1, 0.15) is 16.7 Å². The van der Waals surface area contributed by atoms with Gasteiger partial charge in [-0.15, -0.1) is 11.3 Å². The number of nitrogens with zero attached hydrogens (tertiary/aromatic N) is 2. The van der Waals surface area contributed by atoms with E-state index in [9.17, 15) is 4.39 Å². The molecule has 0 fully saturated rings. The van der Waals surface area contributed by atoms with E-state index in [2.05, 4.69) is 27.4 Å². The quantitative estimate of drug-likeness (QED) is 0.837. The molecule has 0 amide bonds. The average molecular weight is 339 g/mol. The summed E-state index contributed by atoms with van der Waals surface area (Å²) in [6.07, 6.45) is 0. The smallest absolute Gasteiger partial charge is 0.127 e. The van der Waals surface area contributed by atoms with Crippen molar-refractivity contribution in [3.05, 3.63) is 55.9 Å². The van der Waals surface area contributed by atoms with Gasteiger partial charge in [0, 0.05) is 18.7 Å². The molecular formula is C14H12BrFN2S. The first kappa shape index (κ1) is 14.2. The number of benzene rings is 1. The molecule has 0 aliphatic rings. The van der Waals surface area contributed by atoms with Crippen LogP contribution in [0.3, 0.4) is 0 Å². The molecule has 5 heteroatoms. The molecule has 0 aliphatic heterocycles. The van der Waals surface area contributed by atoms with Gasteiger partial charge in [0.25, 0.3) is 0 Å².